The zero-order valence-corrected chi connectivity index (χ0v) is 10.8. The molecule has 0 amide bonds. The second kappa shape index (κ2) is 5.69. The first-order valence-electron chi connectivity index (χ1n) is 6.08. The van der Waals surface area contributed by atoms with E-state index in [1.807, 2.05) is 32.3 Å². The molecular weight excluding hydrogens is 226 g/mol. The smallest absolute Gasteiger partial charge is 0.128 e. The summed E-state index contributed by atoms with van der Waals surface area (Å²) in [5.74, 6) is 0.949. The first-order valence-corrected chi connectivity index (χ1v) is 6.08. The molecule has 18 heavy (non-hydrogen) atoms. The van der Waals surface area contributed by atoms with Gasteiger partial charge in [-0.3, -0.25) is 0 Å². The predicted octanol–water partition coefficient (Wildman–Crippen LogP) is 2.20. The number of pyridine rings is 1. The number of furan rings is 1. The second-order valence-electron chi connectivity index (χ2n) is 4.69. The Morgan fingerprint density at radius 3 is 2.72 bits per heavy atom. The molecule has 0 aliphatic heterocycles. The molecule has 4 heteroatoms. The van der Waals surface area contributed by atoms with Gasteiger partial charge in [-0.1, -0.05) is 6.07 Å². The molecule has 1 unspecified atom stereocenters. The summed E-state index contributed by atoms with van der Waals surface area (Å²) in [7, 11) is 2.01. The highest BCUT2D eigenvalue weighted by Gasteiger charge is 2.05. The van der Waals surface area contributed by atoms with Gasteiger partial charge in [0.2, 0.25) is 0 Å². The normalized spacial score (nSPS) is 12.4. The summed E-state index contributed by atoms with van der Waals surface area (Å²) in [6.45, 7) is 2.79. The lowest BCUT2D eigenvalue weighted by molar-refractivity contribution is 0.563. The van der Waals surface area contributed by atoms with Crippen molar-refractivity contribution in [3.63, 3.8) is 0 Å². The van der Waals surface area contributed by atoms with E-state index in [-0.39, 0.29) is 6.04 Å². The Kier molecular flexibility index (Phi) is 3.99. The quantitative estimate of drug-likeness (QED) is 0.877. The Bertz CT molecular complexity index is 462. The van der Waals surface area contributed by atoms with Crippen LogP contribution >= 0.6 is 0 Å². The lowest BCUT2D eigenvalue weighted by Crippen LogP contribution is -2.19. The number of nitrogens with two attached hydrogens (primary N) is 1. The average Bonchev–Trinajstić information content (AvgIpc) is 2.82. The molecule has 2 aromatic heterocycles. The zero-order chi connectivity index (χ0) is 13.0. The topological polar surface area (TPSA) is 55.3 Å². The van der Waals surface area contributed by atoms with Crippen LogP contribution in [0.3, 0.4) is 0 Å². The Morgan fingerprint density at radius 2 is 2.17 bits per heavy atom. The van der Waals surface area contributed by atoms with Gasteiger partial charge in [0.15, 0.2) is 0 Å². The largest absolute Gasteiger partial charge is 0.472 e. The number of anilines is 1. The second-order valence-corrected chi connectivity index (χ2v) is 4.69. The van der Waals surface area contributed by atoms with E-state index >= 15 is 0 Å². The van der Waals surface area contributed by atoms with Gasteiger partial charge in [-0.15, -0.1) is 0 Å². The molecule has 0 saturated carbocycles. The summed E-state index contributed by atoms with van der Waals surface area (Å²) in [6.07, 6.45) is 6.19. The van der Waals surface area contributed by atoms with Gasteiger partial charge in [0, 0.05) is 31.4 Å². The summed E-state index contributed by atoms with van der Waals surface area (Å²) in [5, 5.41) is 0. The maximum absolute atomic E-state index is 5.76. The lowest BCUT2D eigenvalue weighted by atomic mass is 10.1. The van der Waals surface area contributed by atoms with E-state index in [1.165, 1.54) is 5.56 Å². The van der Waals surface area contributed by atoms with Crippen LogP contribution in [0.5, 0.6) is 0 Å². The van der Waals surface area contributed by atoms with Crippen molar-refractivity contribution in [3.8, 4) is 0 Å². The highest BCUT2D eigenvalue weighted by atomic mass is 16.3. The molecule has 2 heterocycles. The molecule has 1 atom stereocenters. The van der Waals surface area contributed by atoms with Gasteiger partial charge in [0.25, 0.3) is 0 Å². The fraction of sp³-hybridized carbons (Fsp3) is 0.357. The van der Waals surface area contributed by atoms with Crippen LogP contribution in [-0.4, -0.2) is 18.1 Å². The molecule has 0 bridgehead atoms. The van der Waals surface area contributed by atoms with Crippen LogP contribution in [-0.2, 0) is 13.0 Å². The van der Waals surface area contributed by atoms with Gasteiger partial charge in [-0.25, -0.2) is 4.98 Å². The van der Waals surface area contributed by atoms with Crippen molar-refractivity contribution in [2.45, 2.75) is 25.9 Å². The van der Waals surface area contributed by atoms with Crippen LogP contribution in [0, 0.1) is 0 Å². The SMILES string of the molecule is CC(N)Cc1ccc(N(C)Cc2ccoc2)nc1. The molecule has 0 fully saturated rings. The fourth-order valence-electron chi connectivity index (χ4n) is 1.87. The van der Waals surface area contributed by atoms with E-state index < -0.39 is 0 Å². The van der Waals surface area contributed by atoms with Crippen LogP contribution in [0.15, 0.2) is 41.3 Å². The third-order valence-corrected chi connectivity index (χ3v) is 2.76. The minimum Gasteiger partial charge on any atom is -0.472 e. The summed E-state index contributed by atoms with van der Waals surface area (Å²) in [4.78, 5) is 6.54. The highest BCUT2D eigenvalue weighted by Crippen LogP contribution is 2.14. The molecule has 2 N–H and O–H groups in total. The van der Waals surface area contributed by atoms with Gasteiger partial charge in [-0.05, 0) is 31.0 Å². The third kappa shape index (κ3) is 3.34. The number of hydrogen-bond donors (Lipinski definition) is 1. The molecule has 0 aliphatic rings. The van der Waals surface area contributed by atoms with Crippen molar-refractivity contribution in [1.29, 1.82) is 0 Å². The summed E-state index contributed by atoms with van der Waals surface area (Å²) in [5.41, 5.74) is 8.07. The molecule has 0 spiro atoms. The molecule has 0 saturated heterocycles. The van der Waals surface area contributed by atoms with Crippen molar-refractivity contribution in [2.24, 2.45) is 5.73 Å². The Labute approximate surface area is 107 Å². The van der Waals surface area contributed by atoms with Crippen molar-refractivity contribution >= 4 is 5.82 Å². The number of nitrogens with zero attached hydrogens (tertiary/aromatic N) is 2. The van der Waals surface area contributed by atoms with Gasteiger partial charge < -0.3 is 15.1 Å². The molecular formula is C14H19N3O. The zero-order valence-electron chi connectivity index (χ0n) is 10.8. The van der Waals surface area contributed by atoms with E-state index in [2.05, 4.69) is 16.0 Å². The summed E-state index contributed by atoms with van der Waals surface area (Å²) in [6, 6.07) is 6.23. The van der Waals surface area contributed by atoms with Crippen LogP contribution < -0.4 is 10.6 Å². The molecule has 2 rings (SSSR count). The molecule has 96 valence electrons. The molecule has 0 radical (unpaired) electrons. The van der Waals surface area contributed by atoms with E-state index in [9.17, 15) is 0 Å². The fourth-order valence-corrected chi connectivity index (χ4v) is 1.87. The van der Waals surface area contributed by atoms with Crippen LogP contribution in [0.1, 0.15) is 18.1 Å². The Hall–Kier alpha value is -1.81. The third-order valence-electron chi connectivity index (χ3n) is 2.76. The van der Waals surface area contributed by atoms with Crippen molar-refractivity contribution in [1.82, 2.24) is 4.98 Å². The summed E-state index contributed by atoms with van der Waals surface area (Å²) < 4.78 is 5.05. The van der Waals surface area contributed by atoms with Gasteiger partial charge >= 0.3 is 0 Å². The molecule has 0 aliphatic carbocycles. The molecule has 0 aromatic carbocycles. The molecule has 2 aromatic rings. The van der Waals surface area contributed by atoms with E-state index in [0.29, 0.717) is 0 Å². The van der Waals surface area contributed by atoms with E-state index in [4.69, 9.17) is 10.2 Å². The monoisotopic (exact) mass is 245 g/mol. The van der Waals surface area contributed by atoms with E-state index in [1.54, 1.807) is 12.5 Å². The van der Waals surface area contributed by atoms with Gasteiger partial charge in [0.05, 0.1) is 12.5 Å². The number of rotatable bonds is 5. The average molecular weight is 245 g/mol. The van der Waals surface area contributed by atoms with Crippen molar-refractivity contribution in [3.05, 3.63) is 48.0 Å². The van der Waals surface area contributed by atoms with Crippen molar-refractivity contribution in [2.75, 3.05) is 11.9 Å². The predicted molar refractivity (Wildman–Crippen MR) is 72.4 cm³/mol. The molecule has 4 nitrogen and oxygen atoms in total. The maximum Gasteiger partial charge on any atom is 0.128 e. The number of hydrogen-bond acceptors (Lipinski definition) is 4. The number of aromatic nitrogens is 1. The Balaban J connectivity index is 2.00. The highest BCUT2D eigenvalue weighted by molar-refractivity contribution is 5.39. The van der Waals surface area contributed by atoms with Gasteiger partial charge in [0.1, 0.15) is 5.82 Å². The van der Waals surface area contributed by atoms with Crippen LogP contribution in [0.25, 0.3) is 0 Å². The maximum atomic E-state index is 5.76. The Morgan fingerprint density at radius 1 is 1.33 bits per heavy atom. The minimum atomic E-state index is 0.168. The lowest BCUT2D eigenvalue weighted by Gasteiger charge is -2.17. The summed E-state index contributed by atoms with van der Waals surface area (Å²) >= 11 is 0. The van der Waals surface area contributed by atoms with Crippen molar-refractivity contribution < 1.29 is 4.42 Å². The van der Waals surface area contributed by atoms with E-state index in [0.717, 1.165) is 24.3 Å². The standard InChI is InChI=1S/C14H19N3O/c1-11(15)7-12-3-4-14(16-8-12)17(2)9-13-5-6-18-10-13/h3-6,8,10-11H,7,9,15H2,1-2H3. The van der Waals surface area contributed by atoms with Gasteiger partial charge in [-0.2, -0.15) is 0 Å². The first kappa shape index (κ1) is 12.6. The minimum absolute atomic E-state index is 0.168. The first-order chi connectivity index (χ1) is 8.65. The van der Waals surface area contributed by atoms with Crippen LogP contribution in [0.4, 0.5) is 5.82 Å². The van der Waals surface area contributed by atoms with Crippen LogP contribution in [0.2, 0.25) is 0 Å².